The number of carbonyl (C=O) groups excluding carboxylic acids is 1. The molecule has 2 fully saturated rings. The van der Waals surface area contributed by atoms with Gasteiger partial charge in [0.1, 0.15) is 5.82 Å². The summed E-state index contributed by atoms with van der Waals surface area (Å²) in [5.41, 5.74) is 1.93. The van der Waals surface area contributed by atoms with Gasteiger partial charge in [0, 0.05) is 31.6 Å². The number of piperidine rings is 1. The van der Waals surface area contributed by atoms with Crippen LogP contribution in [0.4, 0.5) is 9.18 Å². The minimum absolute atomic E-state index is 0.0206. The third kappa shape index (κ3) is 6.92. The van der Waals surface area contributed by atoms with Gasteiger partial charge in [0.25, 0.3) is 0 Å². The van der Waals surface area contributed by atoms with Gasteiger partial charge >= 0.3 is 6.03 Å². The summed E-state index contributed by atoms with van der Waals surface area (Å²) in [6, 6.07) is 5.10. The lowest BCUT2D eigenvalue weighted by molar-refractivity contribution is -0.0438. The van der Waals surface area contributed by atoms with Crippen LogP contribution in [0.5, 0.6) is 0 Å². The summed E-state index contributed by atoms with van der Waals surface area (Å²) in [6.07, 6.45) is 7.96. The van der Waals surface area contributed by atoms with E-state index in [0.29, 0.717) is 6.54 Å². The number of aryl methyl sites for hydroxylation is 1. The van der Waals surface area contributed by atoms with Crippen molar-refractivity contribution in [1.29, 1.82) is 0 Å². The normalized spacial score (nSPS) is 21.7. The lowest BCUT2D eigenvalue weighted by Crippen LogP contribution is -2.51. The fourth-order valence-electron chi connectivity index (χ4n) is 5.45. The van der Waals surface area contributed by atoms with Crippen molar-refractivity contribution in [3.05, 3.63) is 35.1 Å². The van der Waals surface area contributed by atoms with Gasteiger partial charge in [-0.2, -0.15) is 0 Å². The second kappa shape index (κ2) is 12.0. The topological polar surface area (TPSA) is 53.6 Å². The summed E-state index contributed by atoms with van der Waals surface area (Å²) in [6.45, 7) is 8.22. The van der Waals surface area contributed by atoms with Gasteiger partial charge in [-0.05, 0) is 76.3 Å². The minimum atomic E-state index is -0.241. The van der Waals surface area contributed by atoms with Crippen LogP contribution in [0, 0.1) is 24.6 Å². The van der Waals surface area contributed by atoms with E-state index in [0.717, 1.165) is 49.4 Å². The van der Waals surface area contributed by atoms with Crippen molar-refractivity contribution >= 4 is 6.03 Å². The number of rotatable bonds is 9. The van der Waals surface area contributed by atoms with E-state index in [4.69, 9.17) is 4.74 Å². The van der Waals surface area contributed by atoms with Crippen LogP contribution >= 0.6 is 0 Å². The number of hydrogen-bond donors (Lipinski definition) is 2. The number of ether oxygens (including phenoxy) is 1. The molecule has 1 saturated carbocycles. The van der Waals surface area contributed by atoms with E-state index in [9.17, 15) is 9.18 Å². The zero-order chi connectivity index (χ0) is 23.1. The van der Waals surface area contributed by atoms with Gasteiger partial charge in [0.2, 0.25) is 0 Å². The molecule has 3 rings (SSSR count). The Labute approximate surface area is 193 Å². The zero-order valence-electron chi connectivity index (χ0n) is 20.3. The molecule has 0 bridgehead atoms. The number of benzene rings is 1. The first-order valence-electron chi connectivity index (χ1n) is 12.5. The second-order valence-electron chi connectivity index (χ2n) is 10.0. The van der Waals surface area contributed by atoms with Crippen LogP contribution in [0.25, 0.3) is 0 Å². The molecule has 2 aliphatic rings. The number of likely N-dealkylation sites (N-methyl/N-ethyl adjacent to an activating group) is 1. The third-order valence-electron chi connectivity index (χ3n) is 7.01. The molecule has 1 aromatic carbocycles. The van der Waals surface area contributed by atoms with E-state index < -0.39 is 0 Å². The molecule has 1 heterocycles. The van der Waals surface area contributed by atoms with Gasteiger partial charge in [-0.15, -0.1) is 0 Å². The number of urea groups is 1. The molecule has 2 amide bonds. The molecule has 180 valence electrons. The fraction of sp³-hybridized carbons (Fsp3) is 0.731. The average molecular weight is 448 g/mol. The van der Waals surface area contributed by atoms with Gasteiger partial charge in [0.05, 0.1) is 12.2 Å². The third-order valence-corrected chi connectivity index (χ3v) is 7.01. The first-order chi connectivity index (χ1) is 15.4. The highest BCUT2D eigenvalue weighted by Gasteiger charge is 2.33. The number of carbonyl (C=O) groups is 1. The highest BCUT2D eigenvalue weighted by molar-refractivity contribution is 5.74. The number of nitrogens with zero attached hydrogens (tertiary/aromatic N) is 1. The average Bonchev–Trinajstić information content (AvgIpc) is 3.27. The second-order valence-corrected chi connectivity index (χ2v) is 10.0. The molecule has 0 aromatic heterocycles. The van der Waals surface area contributed by atoms with Gasteiger partial charge in [-0.25, -0.2) is 9.18 Å². The standard InChI is InChI=1S/C26H42FN3O2/c1-18(2)32-25(24-15-22(27)12-11-19(24)3)21-10-7-13-30(17-21)26(31)29-23(16-28-4)14-20-8-5-6-9-20/h11-12,15,18,20-21,23,25,28H,5-10,13-14,16-17H2,1-4H3,(H,29,31)/t21-,23+,25?/m1/s1. The molecule has 6 heteroatoms. The number of likely N-dealkylation sites (tertiary alicyclic amines) is 1. The molecule has 1 aliphatic carbocycles. The number of nitrogens with one attached hydrogen (secondary N) is 2. The maximum Gasteiger partial charge on any atom is 0.317 e. The summed E-state index contributed by atoms with van der Waals surface area (Å²) >= 11 is 0. The quantitative estimate of drug-likeness (QED) is 0.548. The van der Waals surface area contributed by atoms with E-state index in [2.05, 4.69) is 10.6 Å². The molecule has 5 nitrogen and oxygen atoms in total. The molecule has 1 aliphatic heterocycles. The number of amides is 2. The maximum atomic E-state index is 14.1. The highest BCUT2D eigenvalue weighted by Crippen LogP contribution is 2.36. The van der Waals surface area contributed by atoms with Crippen LogP contribution in [-0.4, -0.2) is 49.8 Å². The Hall–Kier alpha value is -1.66. The predicted octanol–water partition coefficient (Wildman–Crippen LogP) is 5.19. The SMILES string of the molecule is CNC[C@H](CC1CCCC1)NC(=O)N1CCC[C@@H](C(OC(C)C)c2cc(F)ccc2C)C1. The zero-order valence-corrected chi connectivity index (χ0v) is 20.3. The van der Waals surface area contributed by atoms with Gasteiger partial charge in [-0.1, -0.05) is 31.7 Å². The smallest absolute Gasteiger partial charge is 0.317 e. The van der Waals surface area contributed by atoms with Gasteiger partial charge in [0.15, 0.2) is 0 Å². The van der Waals surface area contributed by atoms with Crippen LogP contribution in [0.1, 0.15) is 76.0 Å². The molecule has 2 N–H and O–H groups in total. The summed E-state index contributed by atoms with van der Waals surface area (Å²) in [5, 5.41) is 6.54. The Kier molecular flexibility index (Phi) is 9.35. The lowest BCUT2D eigenvalue weighted by atomic mass is 9.86. The first kappa shape index (κ1) is 25.0. The summed E-state index contributed by atoms with van der Waals surface area (Å²) in [5.74, 6) is 0.632. The summed E-state index contributed by atoms with van der Waals surface area (Å²) in [4.78, 5) is 15.1. The minimum Gasteiger partial charge on any atom is -0.371 e. The van der Waals surface area contributed by atoms with Crippen molar-refractivity contribution in [2.24, 2.45) is 11.8 Å². The predicted molar refractivity (Wildman–Crippen MR) is 127 cm³/mol. The van der Waals surface area contributed by atoms with E-state index in [-0.39, 0.29) is 36.0 Å². The van der Waals surface area contributed by atoms with E-state index in [1.165, 1.54) is 31.7 Å². The van der Waals surface area contributed by atoms with Crippen molar-refractivity contribution in [2.75, 3.05) is 26.7 Å². The van der Waals surface area contributed by atoms with Crippen LogP contribution < -0.4 is 10.6 Å². The molecular formula is C26H42FN3O2. The Balaban J connectivity index is 1.68. The molecular weight excluding hydrogens is 405 g/mol. The molecule has 1 unspecified atom stereocenters. The Morgan fingerprint density at radius 1 is 1.22 bits per heavy atom. The summed E-state index contributed by atoms with van der Waals surface area (Å²) in [7, 11) is 1.94. The fourth-order valence-corrected chi connectivity index (χ4v) is 5.45. The molecule has 1 aromatic rings. The van der Waals surface area contributed by atoms with Crippen LogP contribution in [0.2, 0.25) is 0 Å². The maximum absolute atomic E-state index is 14.1. The van der Waals surface area contributed by atoms with Crippen molar-refractivity contribution in [2.45, 2.75) is 84.0 Å². The molecule has 0 radical (unpaired) electrons. The van der Waals surface area contributed by atoms with Crippen molar-refractivity contribution in [3.8, 4) is 0 Å². The number of halogens is 1. The molecule has 1 saturated heterocycles. The highest BCUT2D eigenvalue weighted by atomic mass is 19.1. The van der Waals surface area contributed by atoms with Gasteiger partial charge in [-0.3, -0.25) is 0 Å². The van der Waals surface area contributed by atoms with E-state index >= 15 is 0 Å². The van der Waals surface area contributed by atoms with Gasteiger partial charge < -0.3 is 20.3 Å². The Morgan fingerprint density at radius 2 is 1.97 bits per heavy atom. The number of hydrogen-bond acceptors (Lipinski definition) is 3. The summed E-state index contributed by atoms with van der Waals surface area (Å²) < 4.78 is 20.4. The van der Waals surface area contributed by atoms with Crippen molar-refractivity contribution < 1.29 is 13.9 Å². The van der Waals surface area contributed by atoms with E-state index in [1.807, 2.05) is 38.8 Å². The van der Waals surface area contributed by atoms with E-state index in [1.54, 1.807) is 6.07 Å². The Bertz CT molecular complexity index is 736. The van der Waals surface area contributed by atoms with Crippen LogP contribution in [0.15, 0.2) is 18.2 Å². The monoisotopic (exact) mass is 447 g/mol. The molecule has 3 atom stereocenters. The Morgan fingerprint density at radius 3 is 2.66 bits per heavy atom. The van der Waals surface area contributed by atoms with Crippen LogP contribution in [-0.2, 0) is 4.74 Å². The largest absolute Gasteiger partial charge is 0.371 e. The van der Waals surface area contributed by atoms with Crippen molar-refractivity contribution in [3.63, 3.8) is 0 Å². The van der Waals surface area contributed by atoms with Crippen molar-refractivity contribution in [1.82, 2.24) is 15.5 Å². The first-order valence-corrected chi connectivity index (χ1v) is 12.5. The molecule has 0 spiro atoms. The molecule has 32 heavy (non-hydrogen) atoms. The van der Waals surface area contributed by atoms with Crippen LogP contribution in [0.3, 0.4) is 0 Å². The lowest BCUT2D eigenvalue weighted by Gasteiger charge is -2.39.